The molecule has 0 bridgehead atoms. The minimum Gasteiger partial charge on any atom is -0.462 e. The molecule has 1 aromatic rings. The highest BCUT2D eigenvalue weighted by molar-refractivity contribution is 7.17. The molecule has 1 aliphatic heterocycles. The molecule has 128 valence electrons. The van der Waals surface area contributed by atoms with Gasteiger partial charge >= 0.3 is 5.97 Å². The largest absolute Gasteiger partial charge is 0.462 e. The number of quaternary nitrogens is 1. The highest BCUT2D eigenvalue weighted by Crippen LogP contribution is 2.23. The van der Waals surface area contributed by atoms with E-state index in [1.807, 2.05) is 13.8 Å². The van der Waals surface area contributed by atoms with Crippen molar-refractivity contribution in [2.75, 3.05) is 31.6 Å². The van der Waals surface area contributed by atoms with Gasteiger partial charge in [-0.25, -0.2) is 9.78 Å². The molecule has 2 atom stereocenters. The fraction of sp³-hybridized carbons (Fsp3) is 0.667. The Morgan fingerprint density at radius 2 is 2.04 bits per heavy atom. The summed E-state index contributed by atoms with van der Waals surface area (Å²) >= 11 is 1.15. The monoisotopic (exact) mass is 342 g/mol. The summed E-state index contributed by atoms with van der Waals surface area (Å²) in [5.41, 5.74) is 0.574. The average Bonchev–Trinajstić information content (AvgIpc) is 2.78. The molecular formula is C15H24N3O4S+. The summed E-state index contributed by atoms with van der Waals surface area (Å²) in [5, 5.41) is 3.21. The highest BCUT2D eigenvalue weighted by atomic mass is 32.1. The van der Waals surface area contributed by atoms with Crippen molar-refractivity contribution >= 4 is 28.3 Å². The van der Waals surface area contributed by atoms with Gasteiger partial charge in [0.1, 0.15) is 30.2 Å². The van der Waals surface area contributed by atoms with Crippen molar-refractivity contribution in [1.82, 2.24) is 4.98 Å². The number of rotatable bonds is 5. The lowest BCUT2D eigenvalue weighted by Crippen LogP contribution is -3.16. The van der Waals surface area contributed by atoms with Gasteiger partial charge < -0.3 is 14.4 Å². The second-order valence-corrected chi connectivity index (χ2v) is 6.79. The zero-order valence-electron chi connectivity index (χ0n) is 14.0. The van der Waals surface area contributed by atoms with Crippen LogP contribution in [0, 0.1) is 6.92 Å². The number of thiazole rings is 1. The van der Waals surface area contributed by atoms with E-state index in [-0.39, 0.29) is 18.1 Å². The van der Waals surface area contributed by atoms with Gasteiger partial charge in [0.05, 0.1) is 12.3 Å². The van der Waals surface area contributed by atoms with Crippen molar-refractivity contribution in [2.45, 2.75) is 39.9 Å². The number of amides is 1. The molecule has 1 aromatic heterocycles. The van der Waals surface area contributed by atoms with Crippen LogP contribution in [0.25, 0.3) is 0 Å². The number of ether oxygens (including phenoxy) is 2. The van der Waals surface area contributed by atoms with E-state index in [9.17, 15) is 9.59 Å². The lowest BCUT2D eigenvalue weighted by molar-refractivity contribution is -0.907. The van der Waals surface area contributed by atoms with Crippen molar-refractivity contribution in [3.8, 4) is 0 Å². The number of aromatic nitrogens is 1. The third-order valence-corrected chi connectivity index (χ3v) is 4.58. The minimum absolute atomic E-state index is 0.106. The van der Waals surface area contributed by atoms with Gasteiger partial charge in [0.15, 0.2) is 11.7 Å². The molecule has 0 unspecified atom stereocenters. The maximum absolute atomic E-state index is 12.2. The van der Waals surface area contributed by atoms with Crippen LogP contribution in [0.15, 0.2) is 0 Å². The van der Waals surface area contributed by atoms with E-state index < -0.39 is 5.97 Å². The first kappa shape index (κ1) is 17.8. The molecule has 2 rings (SSSR count). The Morgan fingerprint density at radius 3 is 2.65 bits per heavy atom. The van der Waals surface area contributed by atoms with Crippen LogP contribution in [-0.4, -0.2) is 55.3 Å². The van der Waals surface area contributed by atoms with E-state index in [1.54, 1.807) is 13.8 Å². The Bertz CT molecular complexity index is 565. The fourth-order valence-electron chi connectivity index (χ4n) is 2.76. The average molecular weight is 342 g/mol. The number of esters is 1. The topological polar surface area (TPSA) is 82.0 Å². The van der Waals surface area contributed by atoms with Crippen LogP contribution in [0.1, 0.15) is 36.1 Å². The summed E-state index contributed by atoms with van der Waals surface area (Å²) < 4.78 is 10.6. The van der Waals surface area contributed by atoms with E-state index in [1.165, 1.54) is 4.90 Å². The van der Waals surface area contributed by atoms with Crippen LogP contribution in [0.4, 0.5) is 5.13 Å². The van der Waals surface area contributed by atoms with Crippen LogP contribution < -0.4 is 10.2 Å². The number of hydrogen-bond donors (Lipinski definition) is 2. The number of nitrogens with one attached hydrogen (secondary N) is 2. The zero-order valence-corrected chi connectivity index (χ0v) is 14.8. The first-order valence-corrected chi connectivity index (χ1v) is 8.64. The maximum Gasteiger partial charge on any atom is 0.350 e. The van der Waals surface area contributed by atoms with Gasteiger partial charge in [-0.2, -0.15) is 0 Å². The van der Waals surface area contributed by atoms with Crippen molar-refractivity contribution < 1.29 is 24.0 Å². The van der Waals surface area contributed by atoms with Crippen LogP contribution in [0.3, 0.4) is 0 Å². The minimum atomic E-state index is -0.399. The Labute approximate surface area is 140 Å². The Kier molecular flexibility index (Phi) is 6.09. The first-order valence-electron chi connectivity index (χ1n) is 7.82. The summed E-state index contributed by atoms with van der Waals surface area (Å²) in [6, 6.07) is 0. The second-order valence-electron chi connectivity index (χ2n) is 5.79. The number of anilines is 1. The molecule has 0 aliphatic carbocycles. The molecule has 1 amide bonds. The summed E-state index contributed by atoms with van der Waals surface area (Å²) in [5.74, 6) is -0.505. The Morgan fingerprint density at radius 1 is 1.39 bits per heavy atom. The van der Waals surface area contributed by atoms with Gasteiger partial charge in [0, 0.05) is 0 Å². The van der Waals surface area contributed by atoms with Crippen LogP contribution in [-0.2, 0) is 14.3 Å². The summed E-state index contributed by atoms with van der Waals surface area (Å²) in [4.78, 5) is 29.8. The van der Waals surface area contributed by atoms with Gasteiger partial charge in [0.2, 0.25) is 0 Å². The molecular weight excluding hydrogens is 318 g/mol. The van der Waals surface area contributed by atoms with Gasteiger partial charge in [-0.3, -0.25) is 10.1 Å². The van der Waals surface area contributed by atoms with Crippen molar-refractivity contribution in [2.24, 2.45) is 0 Å². The van der Waals surface area contributed by atoms with Crippen molar-refractivity contribution in [3.63, 3.8) is 0 Å². The third kappa shape index (κ3) is 4.98. The maximum atomic E-state index is 12.2. The molecule has 1 fully saturated rings. The quantitative estimate of drug-likeness (QED) is 0.750. The summed E-state index contributed by atoms with van der Waals surface area (Å²) in [7, 11) is 0. The number of nitrogens with zero attached hydrogens (tertiary/aromatic N) is 1. The summed E-state index contributed by atoms with van der Waals surface area (Å²) in [6.07, 6.45) is 0.304. The molecule has 0 aromatic carbocycles. The number of hydrogen-bond acceptors (Lipinski definition) is 6. The van der Waals surface area contributed by atoms with Crippen molar-refractivity contribution in [1.29, 1.82) is 0 Å². The highest BCUT2D eigenvalue weighted by Gasteiger charge is 2.27. The summed E-state index contributed by atoms with van der Waals surface area (Å²) in [6.45, 7) is 9.82. The van der Waals surface area contributed by atoms with Gasteiger partial charge in [-0.05, 0) is 27.7 Å². The molecule has 2 N–H and O–H groups in total. The molecule has 1 saturated heterocycles. The van der Waals surface area contributed by atoms with E-state index in [2.05, 4.69) is 10.3 Å². The molecule has 8 heteroatoms. The van der Waals surface area contributed by atoms with E-state index in [0.29, 0.717) is 28.9 Å². The number of carbonyl (C=O) groups excluding carboxylic acids is 2. The lowest BCUT2D eigenvalue weighted by Gasteiger charge is -2.31. The molecule has 0 spiro atoms. The second kappa shape index (κ2) is 7.85. The van der Waals surface area contributed by atoms with Crippen LogP contribution in [0.5, 0.6) is 0 Å². The standard InChI is InChI=1S/C15H23N3O4S/c1-5-21-14(20)13-11(4)16-15(23-13)17-12(19)8-18-6-9(2)22-10(3)7-18/h9-10H,5-8H2,1-4H3,(H,16,17,19)/p+1/t9-,10-/m1/s1. The van der Waals surface area contributed by atoms with Crippen LogP contribution >= 0.6 is 11.3 Å². The predicted octanol–water partition coefficient (Wildman–Crippen LogP) is 0.259. The third-order valence-electron chi connectivity index (χ3n) is 3.53. The van der Waals surface area contributed by atoms with Crippen molar-refractivity contribution in [3.05, 3.63) is 10.6 Å². The Balaban J connectivity index is 1.93. The number of carbonyl (C=O) groups is 2. The number of morpholine rings is 1. The molecule has 2 heterocycles. The number of aryl methyl sites for hydroxylation is 1. The predicted molar refractivity (Wildman–Crippen MR) is 87.0 cm³/mol. The molecule has 0 saturated carbocycles. The normalized spacial score (nSPS) is 24.3. The first-order chi connectivity index (χ1) is 10.9. The van der Waals surface area contributed by atoms with Gasteiger partial charge in [0.25, 0.3) is 5.91 Å². The van der Waals surface area contributed by atoms with E-state index >= 15 is 0 Å². The smallest absolute Gasteiger partial charge is 0.350 e. The molecule has 7 nitrogen and oxygen atoms in total. The Hall–Kier alpha value is -1.51. The van der Waals surface area contributed by atoms with Gasteiger partial charge in [-0.15, -0.1) is 0 Å². The van der Waals surface area contributed by atoms with E-state index in [0.717, 1.165) is 24.4 Å². The molecule has 1 aliphatic rings. The molecule has 0 radical (unpaired) electrons. The van der Waals surface area contributed by atoms with E-state index in [4.69, 9.17) is 9.47 Å². The van der Waals surface area contributed by atoms with Crippen LogP contribution in [0.2, 0.25) is 0 Å². The lowest BCUT2D eigenvalue weighted by atomic mass is 10.2. The fourth-order valence-corrected chi connectivity index (χ4v) is 3.64. The zero-order chi connectivity index (χ0) is 17.0. The molecule has 23 heavy (non-hydrogen) atoms. The SMILES string of the molecule is CCOC(=O)c1sc(NC(=O)C[NH+]2C[C@@H](C)O[C@H](C)C2)nc1C. The van der Waals surface area contributed by atoms with Gasteiger partial charge in [-0.1, -0.05) is 11.3 Å².